The van der Waals surface area contributed by atoms with E-state index in [1.807, 2.05) is 24.3 Å². The summed E-state index contributed by atoms with van der Waals surface area (Å²) in [6, 6.07) is 9.39. The number of pyridine rings is 1. The fourth-order valence-corrected chi connectivity index (χ4v) is 3.58. The van der Waals surface area contributed by atoms with Crippen molar-refractivity contribution in [1.82, 2.24) is 9.97 Å². The topological polar surface area (TPSA) is 54.9 Å². The Morgan fingerprint density at radius 1 is 1.27 bits per heavy atom. The molecule has 0 saturated carbocycles. The van der Waals surface area contributed by atoms with Crippen LogP contribution in [-0.2, 0) is 11.2 Å². The molecule has 1 amide bonds. The Labute approximate surface area is 141 Å². The normalized spacial score (nSPS) is 10.9. The maximum absolute atomic E-state index is 12.2. The van der Waals surface area contributed by atoms with Gasteiger partial charge in [-0.1, -0.05) is 46.7 Å². The first-order valence-electron chi connectivity index (χ1n) is 6.50. The van der Waals surface area contributed by atoms with E-state index in [1.54, 1.807) is 13.0 Å². The molecular weight excluding hydrogens is 341 g/mol. The van der Waals surface area contributed by atoms with Gasteiger partial charge in [-0.3, -0.25) is 4.79 Å². The van der Waals surface area contributed by atoms with E-state index in [0.29, 0.717) is 21.4 Å². The maximum atomic E-state index is 12.2. The molecule has 2 heterocycles. The number of amides is 1. The third-order valence-electron chi connectivity index (χ3n) is 3.03. The maximum Gasteiger partial charge on any atom is 0.230 e. The number of fused-ring (bicyclic) bond motifs is 1. The molecule has 3 aromatic rings. The van der Waals surface area contributed by atoms with E-state index in [-0.39, 0.29) is 17.5 Å². The van der Waals surface area contributed by atoms with Crippen molar-refractivity contribution in [2.45, 2.75) is 13.3 Å². The molecule has 0 fully saturated rings. The number of carbonyl (C=O) groups is 1. The van der Waals surface area contributed by atoms with E-state index in [4.69, 9.17) is 23.2 Å². The molecule has 3 rings (SSSR count). The lowest BCUT2D eigenvalue weighted by Crippen LogP contribution is -2.15. The molecule has 0 unspecified atom stereocenters. The van der Waals surface area contributed by atoms with Crippen molar-refractivity contribution in [3.8, 4) is 0 Å². The molecule has 0 atom stereocenters. The molecule has 0 aliphatic heterocycles. The second-order valence-corrected chi connectivity index (χ2v) is 6.52. The van der Waals surface area contributed by atoms with Crippen molar-refractivity contribution in [3.63, 3.8) is 0 Å². The van der Waals surface area contributed by atoms with Gasteiger partial charge >= 0.3 is 0 Å². The number of hydrogen-bond donors (Lipinski definition) is 1. The van der Waals surface area contributed by atoms with Gasteiger partial charge in [0.25, 0.3) is 0 Å². The first-order chi connectivity index (χ1) is 10.5. The molecule has 4 nitrogen and oxygen atoms in total. The molecule has 0 saturated heterocycles. The van der Waals surface area contributed by atoms with Gasteiger partial charge in [-0.25, -0.2) is 9.97 Å². The monoisotopic (exact) mass is 351 g/mol. The smallest absolute Gasteiger partial charge is 0.230 e. The lowest BCUT2D eigenvalue weighted by molar-refractivity contribution is -0.115. The highest BCUT2D eigenvalue weighted by atomic mass is 35.5. The molecule has 112 valence electrons. The van der Waals surface area contributed by atoms with E-state index < -0.39 is 0 Å². The zero-order valence-electron chi connectivity index (χ0n) is 11.6. The van der Waals surface area contributed by atoms with Crippen LogP contribution >= 0.6 is 34.5 Å². The van der Waals surface area contributed by atoms with E-state index in [9.17, 15) is 4.79 Å². The second-order valence-electron chi connectivity index (χ2n) is 4.73. The number of aromatic nitrogens is 2. The third kappa shape index (κ3) is 3.21. The Bertz CT molecular complexity index is 807. The van der Waals surface area contributed by atoms with Gasteiger partial charge < -0.3 is 5.32 Å². The SMILES string of the molecule is Cc1cc(Cl)c(CC(=O)Nc2nc3ccccc3s2)c(Cl)n1. The van der Waals surface area contributed by atoms with Crippen molar-refractivity contribution in [3.05, 3.63) is 51.8 Å². The number of aryl methyl sites for hydroxylation is 1. The van der Waals surface area contributed by atoms with Crippen molar-refractivity contribution in [1.29, 1.82) is 0 Å². The fourth-order valence-electron chi connectivity index (χ4n) is 2.03. The zero-order valence-corrected chi connectivity index (χ0v) is 13.9. The van der Waals surface area contributed by atoms with E-state index in [0.717, 1.165) is 10.2 Å². The van der Waals surface area contributed by atoms with Crippen LogP contribution in [0.5, 0.6) is 0 Å². The van der Waals surface area contributed by atoms with Crippen LogP contribution in [0.15, 0.2) is 30.3 Å². The Morgan fingerprint density at radius 3 is 2.77 bits per heavy atom. The highest BCUT2D eigenvalue weighted by molar-refractivity contribution is 7.22. The van der Waals surface area contributed by atoms with Crippen LogP contribution in [0, 0.1) is 6.92 Å². The van der Waals surface area contributed by atoms with Crippen molar-refractivity contribution in [2.24, 2.45) is 0 Å². The average Bonchev–Trinajstić information content (AvgIpc) is 2.84. The van der Waals surface area contributed by atoms with Crippen LogP contribution in [0.4, 0.5) is 5.13 Å². The third-order valence-corrected chi connectivity index (χ3v) is 4.63. The van der Waals surface area contributed by atoms with Gasteiger partial charge in [0.15, 0.2) is 5.13 Å². The molecule has 1 aromatic carbocycles. The predicted octanol–water partition coefficient (Wildman–Crippen LogP) is 4.49. The number of hydrogen-bond acceptors (Lipinski definition) is 4. The quantitative estimate of drug-likeness (QED) is 0.707. The van der Waals surface area contributed by atoms with Crippen molar-refractivity contribution in [2.75, 3.05) is 5.32 Å². The summed E-state index contributed by atoms with van der Waals surface area (Å²) in [4.78, 5) is 20.6. The molecule has 0 aliphatic rings. The van der Waals surface area contributed by atoms with Crippen molar-refractivity contribution >= 4 is 55.8 Å². The zero-order chi connectivity index (χ0) is 15.7. The first-order valence-corrected chi connectivity index (χ1v) is 8.07. The van der Waals surface area contributed by atoms with E-state index >= 15 is 0 Å². The van der Waals surface area contributed by atoms with Gasteiger partial charge in [-0.2, -0.15) is 0 Å². The number of thiazole rings is 1. The van der Waals surface area contributed by atoms with E-state index in [1.165, 1.54) is 11.3 Å². The van der Waals surface area contributed by atoms with Gasteiger partial charge in [0, 0.05) is 16.3 Å². The van der Waals surface area contributed by atoms with Crippen LogP contribution in [0.1, 0.15) is 11.3 Å². The number of halogens is 2. The van der Waals surface area contributed by atoms with Crippen LogP contribution in [0.2, 0.25) is 10.2 Å². The summed E-state index contributed by atoms with van der Waals surface area (Å²) in [6.07, 6.45) is 0.0564. The van der Waals surface area contributed by atoms with E-state index in [2.05, 4.69) is 15.3 Å². The van der Waals surface area contributed by atoms with Gasteiger partial charge in [0.2, 0.25) is 5.91 Å². The van der Waals surface area contributed by atoms with Crippen LogP contribution in [0.25, 0.3) is 10.2 Å². The highest BCUT2D eigenvalue weighted by Gasteiger charge is 2.14. The number of nitrogens with zero attached hydrogens (tertiary/aromatic N) is 2. The number of benzene rings is 1. The summed E-state index contributed by atoms with van der Waals surface area (Å²) < 4.78 is 1.02. The number of carbonyl (C=O) groups excluding carboxylic acids is 1. The summed E-state index contributed by atoms with van der Waals surface area (Å²) in [5.74, 6) is -0.228. The molecule has 0 radical (unpaired) electrons. The van der Waals surface area contributed by atoms with Gasteiger partial charge in [-0.15, -0.1) is 0 Å². The van der Waals surface area contributed by atoms with Gasteiger partial charge in [-0.05, 0) is 25.1 Å². The molecule has 0 aliphatic carbocycles. The van der Waals surface area contributed by atoms with Gasteiger partial charge in [0.1, 0.15) is 5.15 Å². The summed E-state index contributed by atoms with van der Waals surface area (Å²) >= 11 is 13.6. The lowest BCUT2D eigenvalue weighted by Gasteiger charge is -2.07. The minimum Gasteiger partial charge on any atom is -0.302 e. The van der Waals surface area contributed by atoms with Crippen molar-refractivity contribution < 1.29 is 4.79 Å². The second kappa shape index (κ2) is 6.20. The molecular formula is C15H11Cl2N3OS. The number of nitrogens with one attached hydrogen (secondary N) is 1. The minimum absolute atomic E-state index is 0.0564. The molecule has 2 aromatic heterocycles. The highest BCUT2D eigenvalue weighted by Crippen LogP contribution is 2.27. The molecule has 0 bridgehead atoms. The predicted molar refractivity (Wildman–Crippen MR) is 90.9 cm³/mol. The Kier molecular flexibility index (Phi) is 4.29. The van der Waals surface area contributed by atoms with Crippen LogP contribution in [-0.4, -0.2) is 15.9 Å². The summed E-state index contributed by atoms with van der Waals surface area (Å²) in [6.45, 7) is 1.79. The standard InChI is InChI=1S/C15H11Cl2N3OS/c1-8-6-10(16)9(14(17)18-8)7-13(21)20-15-19-11-4-2-3-5-12(11)22-15/h2-6H,7H2,1H3,(H,19,20,21). The largest absolute Gasteiger partial charge is 0.302 e. The molecule has 1 N–H and O–H groups in total. The minimum atomic E-state index is -0.228. The molecule has 22 heavy (non-hydrogen) atoms. The number of anilines is 1. The van der Waals surface area contributed by atoms with Crippen LogP contribution < -0.4 is 5.32 Å². The molecule has 7 heteroatoms. The number of rotatable bonds is 3. The summed E-state index contributed by atoms with van der Waals surface area (Å²) in [5.41, 5.74) is 2.09. The summed E-state index contributed by atoms with van der Waals surface area (Å²) in [5, 5.41) is 4.02. The number of para-hydroxylation sites is 1. The van der Waals surface area contributed by atoms with Gasteiger partial charge in [0.05, 0.1) is 16.6 Å². The fraction of sp³-hybridized carbons (Fsp3) is 0.133. The van der Waals surface area contributed by atoms with Crippen LogP contribution in [0.3, 0.4) is 0 Å². The average molecular weight is 352 g/mol. The lowest BCUT2D eigenvalue weighted by atomic mass is 10.2. The first kappa shape index (κ1) is 15.2. The Balaban J connectivity index is 1.78. The molecule has 0 spiro atoms. The Morgan fingerprint density at radius 2 is 2.05 bits per heavy atom. The summed E-state index contributed by atoms with van der Waals surface area (Å²) in [7, 11) is 0. The Hall–Kier alpha value is -1.69.